The predicted molar refractivity (Wildman–Crippen MR) is 76.4 cm³/mol. The zero-order valence-corrected chi connectivity index (χ0v) is 11.6. The molecule has 0 spiro atoms. The van der Waals surface area contributed by atoms with Crippen molar-refractivity contribution in [3.8, 4) is 5.88 Å². The third kappa shape index (κ3) is 3.68. The van der Waals surface area contributed by atoms with Crippen LogP contribution < -0.4 is 10.1 Å². The molecule has 0 fully saturated rings. The van der Waals surface area contributed by atoms with Crippen LogP contribution in [0.15, 0.2) is 36.4 Å². The minimum Gasteiger partial charge on any atom is -0.478 e. The fourth-order valence-corrected chi connectivity index (χ4v) is 1.88. The first-order chi connectivity index (χ1) is 9.19. The summed E-state index contributed by atoms with van der Waals surface area (Å²) in [5.41, 5.74) is 1.22. The first-order valence-electron chi connectivity index (χ1n) is 6.49. The van der Waals surface area contributed by atoms with Crippen LogP contribution in [0.4, 0.5) is 5.82 Å². The fourth-order valence-electron chi connectivity index (χ4n) is 1.88. The van der Waals surface area contributed by atoms with Gasteiger partial charge in [-0.05, 0) is 26.3 Å². The van der Waals surface area contributed by atoms with Gasteiger partial charge in [0.15, 0.2) is 0 Å². The van der Waals surface area contributed by atoms with Gasteiger partial charge in [0.1, 0.15) is 11.6 Å². The van der Waals surface area contributed by atoms with Crippen LogP contribution in [-0.4, -0.2) is 16.6 Å². The van der Waals surface area contributed by atoms with Gasteiger partial charge in [-0.25, -0.2) is 4.98 Å². The van der Waals surface area contributed by atoms with Gasteiger partial charge in [0.25, 0.3) is 0 Å². The number of hydrogen-bond acceptors (Lipinski definition) is 4. The minimum atomic E-state index is 0.185. The topological polar surface area (TPSA) is 47.0 Å². The standard InChI is InChI=1S/C15H19N3O/c1-4-19-15-10-14(17-12(3)18-15)16-11(2)13-8-6-5-7-9-13/h5-11H,4H2,1-3H3,(H,16,17,18). The van der Waals surface area contributed by atoms with E-state index >= 15 is 0 Å². The molecule has 1 heterocycles. The second-order valence-electron chi connectivity index (χ2n) is 4.35. The summed E-state index contributed by atoms with van der Waals surface area (Å²) in [5, 5.41) is 3.37. The molecule has 0 aliphatic carbocycles. The summed E-state index contributed by atoms with van der Waals surface area (Å²) in [7, 11) is 0. The largest absolute Gasteiger partial charge is 0.478 e. The molecule has 0 saturated heterocycles. The van der Waals surface area contributed by atoms with Crippen molar-refractivity contribution >= 4 is 5.82 Å². The van der Waals surface area contributed by atoms with Crippen LogP contribution in [0.2, 0.25) is 0 Å². The summed E-state index contributed by atoms with van der Waals surface area (Å²) in [4.78, 5) is 8.61. The Bertz CT molecular complexity index is 528. The van der Waals surface area contributed by atoms with Crippen LogP contribution >= 0.6 is 0 Å². The summed E-state index contributed by atoms with van der Waals surface area (Å²) in [6.07, 6.45) is 0. The molecule has 0 bridgehead atoms. The highest BCUT2D eigenvalue weighted by molar-refractivity contribution is 5.41. The molecule has 1 aromatic carbocycles. The third-order valence-electron chi connectivity index (χ3n) is 2.77. The first kappa shape index (κ1) is 13.3. The summed E-state index contributed by atoms with van der Waals surface area (Å²) in [5.74, 6) is 2.10. The fraction of sp³-hybridized carbons (Fsp3) is 0.333. The van der Waals surface area contributed by atoms with Gasteiger partial charge in [0, 0.05) is 12.1 Å². The van der Waals surface area contributed by atoms with E-state index < -0.39 is 0 Å². The Morgan fingerprint density at radius 2 is 1.95 bits per heavy atom. The van der Waals surface area contributed by atoms with Gasteiger partial charge >= 0.3 is 0 Å². The third-order valence-corrected chi connectivity index (χ3v) is 2.77. The SMILES string of the molecule is CCOc1cc(NC(C)c2ccccc2)nc(C)n1. The Morgan fingerprint density at radius 3 is 2.63 bits per heavy atom. The zero-order chi connectivity index (χ0) is 13.7. The molecule has 4 heteroatoms. The number of aromatic nitrogens is 2. The Kier molecular flexibility index (Phi) is 4.34. The van der Waals surface area contributed by atoms with Gasteiger partial charge in [-0.15, -0.1) is 0 Å². The van der Waals surface area contributed by atoms with Crippen molar-refractivity contribution in [1.29, 1.82) is 0 Å². The van der Waals surface area contributed by atoms with Crippen LogP contribution in [0.25, 0.3) is 0 Å². The highest BCUT2D eigenvalue weighted by atomic mass is 16.5. The van der Waals surface area contributed by atoms with Crippen LogP contribution in [0, 0.1) is 6.92 Å². The molecule has 1 aromatic heterocycles. The maximum absolute atomic E-state index is 5.42. The molecule has 0 amide bonds. The van der Waals surface area contributed by atoms with Crippen molar-refractivity contribution < 1.29 is 4.74 Å². The Morgan fingerprint density at radius 1 is 1.21 bits per heavy atom. The highest BCUT2D eigenvalue weighted by Crippen LogP contribution is 2.20. The number of rotatable bonds is 5. The molecule has 1 unspecified atom stereocenters. The van der Waals surface area contributed by atoms with Gasteiger partial charge < -0.3 is 10.1 Å². The lowest BCUT2D eigenvalue weighted by Gasteiger charge is -2.15. The van der Waals surface area contributed by atoms with Gasteiger partial charge in [-0.2, -0.15) is 4.98 Å². The number of anilines is 1. The maximum atomic E-state index is 5.42. The van der Waals surface area contributed by atoms with Gasteiger partial charge in [-0.3, -0.25) is 0 Å². The average molecular weight is 257 g/mol. The lowest BCUT2D eigenvalue weighted by Crippen LogP contribution is -2.09. The molecule has 0 saturated carbocycles. The summed E-state index contributed by atoms with van der Waals surface area (Å²) in [6, 6.07) is 12.3. The summed E-state index contributed by atoms with van der Waals surface area (Å²) < 4.78 is 5.42. The first-order valence-corrected chi connectivity index (χ1v) is 6.49. The molecule has 1 N–H and O–H groups in total. The van der Waals surface area contributed by atoms with E-state index in [2.05, 4.69) is 34.3 Å². The smallest absolute Gasteiger partial charge is 0.218 e. The van der Waals surface area contributed by atoms with E-state index in [1.807, 2.05) is 38.1 Å². The quantitative estimate of drug-likeness (QED) is 0.892. The molecular formula is C15H19N3O. The summed E-state index contributed by atoms with van der Waals surface area (Å²) >= 11 is 0. The molecule has 19 heavy (non-hydrogen) atoms. The second-order valence-corrected chi connectivity index (χ2v) is 4.35. The summed E-state index contributed by atoms with van der Waals surface area (Å²) in [6.45, 7) is 6.51. The van der Waals surface area contributed by atoms with Gasteiger partial charge in [0.2, 0.25) is 5.88 Å². The Hall–Kier alpha value is -2.10. The number of ether oxygens (including phenoxy) is 1. The molecular weight excluding hydrogens is 238 g/mol. The lowest BCUT2D eigenvalue weighted by atomic mass is 10.1. The van der Waals surface area contributed by atoms with Crippen LogP contribution in [-0.2, 0) is 0 Å². The maximum Gasteiger partial charge on any atom is 0.218 e. The number of nitrogens with zero attached hydrogens (tertiary/aromatic N) is 2. The van der Waals surface area contributed by atoms with Crippen molar-refractivity contribution in [2.75, 3.05) is 11.9 Å². The Labute approximate surface area is 113 Å². The second kappa shape index (κ2) is 6.18. The van der Waals surface area contributed by atoms with E-state index in [-0.39, 0.29) is 6.04 Å². The van der Waals surface area contributed by atoms with Crippen LogP contribution in [0.5, 0.6) is 5.88 Å². The van der Waals surface area contributed by atoms with E-state index in [0.29, 0.717) is 18.3 Å². The molecule has 100 valence electrons. The minimum absolute atomic E-state index is 0.185. The van der Waals surface area contributed by atoms with E-state index in [9.17, 15) is 0 Å². The van der Waals surface area contributed by atoms with Crippen molar-refractivity contribution in [3.05, 3.63) is 47.8 Å². The number of hydrogen-bond donors (Lipinski definition) is 1. The molecule has 0 aliphatic rings. The monoisotopic (exact) mass is 257 g/mol. The molecule has 0 radical (unpaired) electrons. The zero-order valence-electron chi connectivity index (χ0n) is 11.6. The predicted octanol–water partition coefficient (Wildman–Crippen LogP) is 3.36. The number of aryl methyl sites for hydroxylation is 1. The Balaban J connectivity index is 2.14. The molecule has 1 atom stereocenters. The van der Waals surface area contributed by atoms with Gasteiger partial charge in [0.05, 0.1) is 6.61 Å². The molecule has 2 rings (SSSR count). The van der Waals surface area contributed by atoms with Gasteiger partial charge in [-0.1, -0.05) is 30.3 Å². The van der Waals surface area contributed by atoms with Crippen molar-refractivity contribution in [2.24, 2.45) is 0 Å². The molecule has 0 aliphatic heterocycles. The molecule has 2 aromatic rings. The van der Waals surface area contributed by atoms with Crippen molar-refractivity contribution in [2.45, 2.75) is 26.8 Å². The van der Waals surface area contributed by atoms with E-state index in [1.165, 1.54) is 5.56 Å². The average Bonchev–Trinajstić information content (AvgIpc) is 2.39. The number of benzene rings is 1. The normalized spacial score (nSPS) is 11.9. The van der Waals surface area contributed by atoms with E-state index in [4.69, 9.17) is 4.74 Å². The van der Waals surface area contributed by atoms with Crippen molar-refractivity contribution in [1.82, 2.24) is 9.97 Å². The molecule has 4 nitrogen and oxygen atoms in total. The van der Waals surface area contributed by atoms with Crippen molar-refractivity contribution in [3.63, 3.8) is 0 Å². The van der Waals surface area contributed by atoms with Crippen LogP contribution in [0.1, 0.15) is 31.3 Å². The van der Waals surface area contributed by atoms with Crippen LogP contribution in [0.3, 0.4) is 0 Å². The lowest BCUT2D eigenvalue weighted by molar-refractivity contribution is 0.325. The van der Waals surface area contributed by atoms with E-state index in [1.54, 1.807) is 0 Å². The highest BCUT2D eigenvalue weighted by Gasteiger charge is 2.07. The van der Waals surface area contributed by atoms with E-state index in [0.717, 1.165) is 5.82 Å². The number of nitrogens with one attached hydrogen (secondary N) is 1.